The summed E-state index contributed by atoms with van der Waals surface area (Å²) in [6.07, 6.45) is 0.507. The number of ether oxygens (including phenoxy) is 1. The number of aromatic hydroxyl groups is 1. The first-order valence-electron chi connectivity index (χ1n) is 8.23. The van der Waals surface area contributed by atoms with Gasteiger partial charge in [0.05, 0.1) is 11.8 Å². The van der Waals surface area contributed by atoms with E-state index in [1.165, 1.54) is 0 Å². The van der Waals surface area contributed by atoms with E-state index in [0.717, 1.165) is 34.6 Å². The summed E-state index contributed by atoms with van der Waals surface area (Å²) in [7, 11) is 0. The van der Waals surface area contributed by atoms with Crippen LogP contribution in [-0.2, 0) is 0 Å². The Balaban J connectivity index is 1.62. The SMILES string of the molecule is Oc1ccccc1C1=NN2[C@@H](C1)c1ccccc1O[C@H]2c1ccsc1. The summed E-state index contributed by atoms with van der Waals surface area (Å²) in [5, 5.41) is 21.3. The smallest absolute Gasteiger partial charge is 0.214 e. The van der Waals surface area contributed by atoms with Crippen molar-refractivity contribution in [3.8, 4) is 11.5 Å². The van der Waals surface area contributed by atoms with Crippen molar-refractivity contribution >= 4 is 17.0 Å². The molecular weight excluding hydrogens is 332 g/mol. The van der Waals surface area contributed by atoms with Crippen molar-refractivity contribution in [2.24, 2.45) is 5.10 Å². The molecule has 5 rings (SSSR count). The topological polar surface area (TPSA) is 45.1 Å². The van der Waals surface area contributed by atoms with Crippen molar-refractivity contribution in [1.29, 1.82) is 0 Å². The number of para-hydroxylation sites is 2. The van der Waals surface area contributed by atoms with Crippen LogP contribution in [0.4, 0.5) is 0 Å². The fourth-order valence-corrected chi connectivity index (χ4v) is 4.22. The van der Waals surface area contributed by atoms with Gasteiger partial charge in [-0.1, -0.05) is 30.3 Å². The van der Waals surface area contributed by atoms with Gasteiger partial charge in [0.1, 0.15) is 11.5 Å². The van der Waals surface area contributed by atoms with Gasteiger partial charge in [-0.2, -0.15) is 16.4 Å². The number of hydrogen-bond acceptors (Lipinski definition) is 5. The highest BCUT2D eigenvalue weighted by Gasteiger charge is 2.41. The fourth-order valence-electron chi connectivity index (χ4n) is 3.55. The number of hydrogen-bond donors (Lipinski definition) is 1. The zero-order chi connectivity index (χ0) is 16.8. The van der Waals surface area contributed by atoms with E-state index in [9.17, 15) is 5.11 Å². The van der Waals surface area contributed by atoms with E-state index in [2.05, 4.69) is 22.9 Å². The molecule has 4 nitrogen and oxygen atoms in total. The molecule has 25 heavy (non-hydrogen) atoms. The number of benzene rings is 2. The lowest BCUT2D eigenvalue weighted by Gasteiger charge is -2.37. The van der Waals surface area contributed by atoms with Crippen LogP contribution in [0.15, 0.2) is 70.5 Å². The fraction of sp³-hybridized carbons (Fsp3) is 0.150. The van der Waals surface area contributed by atoms with Gasteiger partial charge in [-0.25, -0.2) is 5.01 Å². The maximum absolute atomic E-state index is 10.2. The van der Waals surface area contributed by atoms with Crippen molar-refractivity contribution in [3.05, 3.63) is 82.0 Å². The molecule has 0 unspecified atom stereocenters. The second-order valence-corrected chi connectivity index (χ2v) is 7.01. The normalized spacial score (nSPS) is 21.3. The monoisotopic (exact) mass is 348 g/mol. The summed E-state index contributed by atoms with van der Waals surface area (Å²) in [4.78, 5) is 0. The number of phenolic OH excluding ortho intramolecular Hbond substituents is 1. The van der Waals surface area contributed by atoms with E-state index < -0.39 is 0 Å². The maximum Gasteiger partial charge on any atom is 0.214 e. The van der Waals surface area contributed by atoms with Crippen LogP contribution < -0.4 is 4.74 Å². The molecule has 0 radical (unpaired) electrons. The minimum atomic E-state index is -0.241. The van der Waals surface area contributed by atoms with Crippen molar-refractivity contribution in [3.63, 3.8) is 0 Å². The second-order valence-electron chi connectivity index (χ2n) is 6.23. The summed E-state index contributed by atoms with van der Waals surface area (Å²) in [5.41, 5.74) is 3.93. The summed E-state index contributed by atoms with van der Waals surface area (Å²) in [5.74, 6) is 1.18. The molecule has 5 heteroatoms. The first-order valence-corrected chi connectivity index (χ1v) is 9.17. The van der Waals surface area contributed by atoms with E-state index in [1.54, 1.807) is 17.4 Å². The molecule has 3 heterocycles. The van der Waals surface area contributed by atoms with Crippen LogP contribution in [0.3, 0.4) is 0 Å². The molecule has 0 saturated heterocycles. The molecule has 1 N–H and O–H groups in total. The van der Waals surface area contributed by atoms with E-state index in [0.29, 0.717) is 0 Å². The number of hydrazone groups is 1. The largest absolute Gasteiger partial charge is 0.507 e. The van der Waals surface area contributed by atoms with Crippen molar-refractivity contribution in [2.75, 3.05) is 0 Å². The Morgan fingerprint density at radius 3 is 2.76 bits per heavy atom. The quantitative estimate of drug-likeness (QED) is 0.730. The Labute approximate surface area is 149 Å². The average molecular weight is 348 g/mol. The van der Waals surface area contributed by atoms with Gasteiger partial charge in [0.15, 0.2) is 0 Å². The number of rotatable bonds is 2. The summed E-state index contributed by atoms with van der Waals surface area (Å²) < 4.78 is 6.27. The number of fused-ring (bicyclic) bond motifs is 3. The van der Waals surface area contributed by atoms with Crippen LogP contribution in [-0.4, -0.2) is 15.8 Å². The Bertz CT molecular complexity index is 952. The molecule has 2 aliphatic heterocycles. The lowest BCUT2D eigenvalue weighted by Crippen LogP contribution is -2.33. The van der Waals surface area contributed by atoms with Gasteiger partial charge in [-0.05, 0) is 35.0 Å². The minimum absolute atomic E-state index is 0.115. The predicted octanol–water partition coefficient (Wildman–Crippen LogP) is 4.70. The van der Waals surface area contributed by atoms with Gasteiger partial charge in [0.25, 0.3) is 0 Å². The van der Waals surface area contributed by atoms with Gasteiger partial charge < -0.3 is 9.84 Å². The summed E-state index contributed by atoms with van der Waals surface area (Å²) >= 11 is 1.65. The van der Waals surface area contributed by atoms with E-state index >= 15 is 0 Å². The third-order valence-electron chi connectivity index (χ3n) is 4.74. The molecule has 2 aliphatic rings. The molecule has 0 bridgehead atoms. The van der Waals surface area contributed by atoms with Crippen LogP contribution in [0.5, 0.6) is 11.5 Å². The molecule has 0 aliphatic carbocycles. The number of nitrogens with zero attached hydrogens (tertiary/aromatic N) is 2. The van der Waals surface area contributed by atoms with Gasteiger partial charge in [-0.3, -0.25) is 0 Å². The number of thiophene rings is 1. The molecule has 3 aromatic rings. The van der Waals surface area contributed by atoms with Gasteiger partial charge >= 0.3 is 0 Å². The summed E-state index contributed by atoms with van der Waals surface area (Å²) in [6.45, 7) is 0. The molecule has 0 amide bonds. The Morgan fingerprint density at radius 2 is 1.92 bits per heavy atom. The molecule has 0 spiro atoms. The Hall–Kier alpha value is -2.79. The van der Waals surface area contributed by atoms with E-state index in [4.69, 9.17) is 9.84 Å². The third-order valence-corrected chi connectivity index (χ3v) is 5.44. The maximum atomic E-state index is 10.2. The average Bonchev–Trinajstić information content (AvgIpc) is 3.31. The van der Waals surface area contributed by atoms with Gasteiger partial charge in [0, 0.05) is 23.1 Å². The molecule has 124 valence electrons. The van der Waals surface area contributed by atoms with Crippen molar-refractivity contribution in [2.45, 2.75) is 18.7 Å². The third kappa shape index (κ3) is 2.31. The van der Waals surface area contributed by atoms with E-state index in [1.807, 2.05) is 41.4 Å². The van der Waals surface area contributed by atoms with Crippen LogP contribution >= 0.6 is 11.3 Å². The Morgan fingerprint density at radius 1 is 1.08 bits per heavy atom. The lowest BCUT2D eigenvalue weighted by atomic mass is 9.96. The standard InChI is InChI=1S/C20H16N2O2S/c23-18-7-3-1-5-14(18)16-11-17-15-6-2-4-8-19(15)24-20(22(17)21-16)13-9-10-25-12-13/h1-10,12,17,20,23H,11H2/t17-,20-/m0/s1. The van der Waals surface area contributed by atoms with Crippen LogP contribution in [0.1, 0.15) is 35.4 Å². The highest BCUT2D eigenvalue weighted by molar-refractivity contribution is 7.07. The molecule has 2 aromatic carbocycles. The Kier molecular flexibility index (Phi) is 3.28. The zero-order valence-electron chi connectivity index (χ0n) is 13.4. The van der Waals surface area contributed by atoms with Crippen molar-refractivity contribution in [1.82, 2.24) is 5.01 Å². The van der Waals surface area contributed by atoms with Crippen LogP contribution in [0, 0.1) is 0 Å². The zero-order valence-corrected chi connectivity index (χ0v) is 14.2. The molecule has 2 atom stereocenters. The molecule has 0 saturated carbocycles. The van der Waals surface area contributed by atoms with Crippen LogP contribution in [0.2, 0.25) is 0 Å². The highest BCUT2D eigenvalue weighted by atomic mass is 32.1. The first kappa shape index (κ1) is 14.5. The first-order chi connectivity index (χ1) is 12.3. The van der Waals surface area contributed by atoms with E-state index in [-0.39, 0.29) is 18.0 Å². The summed E-state index contributed by atoms with van der Waals surface area (Å²) in [6, 6.07) is 17.7. The lowest BCUT2D eigenvalue weighted by molar-refractivity contribution is -0.0187. The van der Waals surface area contributed by atoms with Crippen LogP contribution in [0.25, 0.3) is 0 Å². The second kappa shape index (κ2) is 5.63. The highest BCUT2D eigenvalue weighted by Crippen LogP contribution is 2.48. The molecule has 1 aromatic heterocycles. The number of phenols is 1. The molecular formula is C20H16N2O2S. The van der Waals surface area contributed by atoms with Gasteiger partial charge in [0.2, 0.25) is 6.23 Å². The van der Waals surface area contributed by atoms with Crippen molar-refractivity contribution < 1.29 is 9.84 Å². The minimum Gasteiger partial charge on any atom is -0.507 e. The molecule has 0 fully saturated rings. The predicted molar refractivity (Wildman–Crippen MR) is 98.0 cm³/mol. The van der Waals surface area contributed by atoms with Gasteiger partial charge in [-0.15, -0.1) is 0 Å².